The van der Waals surface area contributed by atoms with E-state index in [9.17, 15) is 4.79 Å². The number of likely N-dealkylation sites (tertiary alicyclic amines) is 1. The van der Waals surface area contributed by atoms with Gasteiger partial charge in [0.05, 0.1) is 18.6 Å². The fraction of sp³-hybridized carbons (Fsp3) is 0.444. The lowest BCUT2D eigenvalue weighted by Gasteiger charge is -2.53. The highest BCUT2D eigenvalue weighted by atomic mass is 16.7. The van der Waals surface area contributed by atoms with Gasteiger partial charge in [0, 0.05) is 24.7 Å². The molecule has 0 radical (unpaired) electrons. The number of aromatic nitrogens is 1. The van der Waals surface area contributed by atoms with Gasteiger partial charge in [0.1, 0.15) is 0 Å². The summed E-state index contributed by atoms with van der Waals surface area (Å²) in [5, 5.41) is 3.92. The average molecular weight is 328 g/mol. The zero-order valence-electron chi connectivity index (χ0n) is 13.8. The van der Waals surface area contributed by atoms with Gasteiger partial charge in [-0.2, -0.15) is 0 Å². The lowest BCUT2D eigenvalue weighted by molar-refractivity contribution is -0.301. The molecule has 1 aromatic carbocycles. The molecule has 0 unspecified atom stereocenters. The number of amides is 1. The minimum Gasteiger partial charge on any atom is -0.355 e. The normalized spacial score (nSPS) is 21.5. The lowest BCUT2D eigenvalue weighted by Crippen LogP contribution is -2.65. The zero-order valence-corrected chi connectivity index (χ0v) is 13.8. The van der Waals surface area contributed by atoms with E-state index in [1.54, 1.807) is 11.0 Å². The number of hydrogen-bond acceptors (Lipinski definition) is 5. The summed E-state index contributed by atoms with van der Waals surface area (Å²) >= 11 is 0. The summed E-state index contributed by atoms with van der Waals surface area (Å²) in [7, 11) is 0. The Morgan fingerprint density at radius 2 is 1.79 bits per heavy atom. The van der Waals surface area contributed by atoms with E-state index >= 15 is 0 Å². The standard InChI is InChI=1S/C18H20N2O4/c1-17(2)22-11-18(12-23-17)9-20(10-18)16(21)14-8-15(24-19-14)13-6-4-3-5-7-13/h3-8H,9-12H2,1-2H3. The number of ether oxygens (including phenoxy) is 2. The first kappa shape index (κ1) is 15.4. The Bertz CT molecular complexity index is 735. The third kappa shape index (κ3) is 2.72. The molecular formula is C18H20N2O4. The predicted octanol–water partition coefficient (Wildman–Crippen LogP) is 2.57. The number of carbonyl (C=O) groups excluding carboxylic acids is 1. The second-order valence-electron chi connectivity index (χ2n) is 7.08. The second-order valence-corrected chi connectivity index (χ2v) is 7.08. The van der Waals surface area contributed by atoms with Crippen molar-refractivity contribution in [1.82, 2.24) is 10.1 Å². The molecule has 2 aromatic rings. The van der Waals surface area contributed by atoms with Crippen LogP contribution in [0.5, 0.6) is 0 Å². The molecular weight excluding hydrogens is 308 g/mol. The number of hydrogen-bond donors (Lipinski definition) is 0. The van der Waals surface area contributed by atoms with Gasteiger partial charge in [-0.15, -0.1) is 0 Å². The number of rotatable bonds is 2. The van der Waals surface area contributed by atoms with Crippen LogP contribution in [0.2, 0.25) is 0 Å². The van der Waals surface area contributed by atoms with Crippen LogP contribution in [-0.2, 0) is 9.47 Å². The SMILES string of the molecule is CC1(C)OCC2(CO1)CN(C(=O)c1cc(-c3ccccc3)on1)C2. The number of carbonyl (C=O) groups is 1. The van der Waals surface area contributed by atoms with Crippen LogP contribution in [0.1, 0.15) is 24.3 Å². The van der Waals surface area contributed by atoms with Crippen LogP contribution in [0.25, 0.3) is 11.3 Å². The van der Waals surface area contributed by atoms with Crippen molar-refractivity contribution in [3.8, 4) is 11.3 Å². The minimum absolute atomic E-state index is 0.0861. The molecule has 3 heterocycles. The molecule has 4 rings (SSSR count). The van der Waals surface area contributed by atoms with Crippen molar-refractivity contribution in [2.24, 2.45) is 5.41 Å². The van der Waals surface area contributed by atoms with E-state index in [4.69, 9.17) is 14.0 Å². The monoisotopic (exact) mass is 328 g/mol. The van der Waals surface area contributed by atoms with Crippen molar-refractivity contribution in [3.05, 3.63) is 42.1 Å². The molecule has 2 fully saturated rings. The third-order valence-electron chi connectivity index (χ3n) is 4.58. The molecule has 126 valence electrons. The first-order chi connectivity index (χ1) is 11.5. The molecule has 6 heteroatoms. The maximum absolute atomic E-state index is 12.5. The fourth-order valence-electron chi connectivity index (χ4n) is 3.10. The van der Waals surface area contributed by atoms with E-state index < -0.39 is 5.79 Å². The Labute approximate surface area is 140 Å². The van der Waals surface area contributed by atoms with Gasteiger partial charge in [0.15, 0.2) is 17.2 Å². The molecule has 24 heavy (non-hydrogen) atoms. The summed E-state index contributed by atoms with van der Waals surface area (Å²) in [4.78, 5) is 14.3. The van der Waals surface area contributed by atoms with Crippen molar-refractivity contribution < 1.29 is 18.8 Å². The quantitative estimate of drug-likeness (QED) is 0.848. The van der Waals surface area contributed by atoms with Crippen molar-refractivity contribution in [1.29, 1.82) is 0 Å². The molecule has 1 amide bonds. The van der Waals surface area contributed by atoms with Crippen LogP contribution in [0.3, 0.4) is 0 Å². The predicted molar refractivity (Wildman–Crippen MR) is 86.3 cm³/mol. The van der Waals surface area contributed by atoms with Gasteiger partial charge in [-0.05, 0) is 13.8 Å². The highest BCUT2D eigenvalue weighted by molar-refractivity contribution is 5.93. The van der Waals surface area contributed by atoms with Gasteiger partial charge >= 0.3 is 0 Å². The van der Waals surface area contributed by atoms with Crippen molar-refractivity contribution in [2.45, 2.75) is 19.6 Å². The van der Waals surface area contributed by atoms with E-state index in [1.165, 1.54) is 0 Å². The molecule has 0 atom stereocenters. The van der Waals surface area contributed by atoms with Crippen LogP contribution in [0.15, 0.2) is 40.9 Å². The number of nitrogens with zero attached hydrogens (tertiary/aromatic N) is 2. The van der Waals surface area contributed by atoms with Crippen molar-refractivity contribution >= 4 is 5.91 Å². The molecule has 0 saturated carbocycles. The zero-order chi connectivity index (χ0) is 16.8. The lowest BCUT2D eigenvalue weighted by atomic mass is 9.80. The highest BCUT2D eigenvalue weighted by Gasteiger charge is 2.50. The summed E-state index contributed by atoms with van der Waals surface area (Å²) in [6.45, 7) is 6.27. The van der Waals surface area contributed by atoms with Crippen LogP contribution in [0.4, 0.5) is 0 Å². The largest absolute Gasteiger partial charge is 0.355 e. The van der Waals surface area contributed by atoms with E-state index in [0.717, 1.165) is 5.56 Å². The molecule has 2 saturated heterocycles. The van der Waals surface area contributed by atoms with E-state index in [0.29, 0.717) is 37.8 Å². The summed E-state index contributed by atoms with van der Waals surface area (Å²) in [5.74, 6) is -0.0523. The summed E-state index contributed by atoms with van der Waals surface area (Å²) in [5.41, 5.74) is 1.15. The van der Waals surface area contributed by atoms with Gasteiger partial charge in [-0.25, -0.2) is 0 Å². The van der Waals surface area contributed by atoms with Gasteiger partial charge in [-0.3, -0.25) is 4.79 Å². The Morgan fingerprint density at radius 3 is 2.46 bits per heavy atom. The Balaban J connectivity index is 1.41. The summed E-state index contributed by atoms with van der Waals surface area (Å²) in [6.07, 6.45) is 0. The fourth-order valence-corrected chi connectivity index (χ4v) is 3.10. The van der Waals surface area contributed by atoms with E-state index in [1.807, 2.05) is 44.2 Å². The molecule has 1 spiro atoms. The van der Waals surface area contributed by atoms with Crippen molar-refractivity contribution in [2.75, 3.05) is 26.3 Å². The molecule has 0 bridgehead atoms. The highest BCUT2D eigenvalue weighted by Crippen LogP contribution is 2.38. The van der Waals surface area contributed by atoms with Crippen molar-refractivity contribution in [3.63, 3.8) is 0 Å². The first-order valence-electron chi connectivity index (χ1n) is 8.06. The van der Waals surface area contributed by atoms with Crippen LogP contribution in [0, 0.1) is 5.41 Å². The summed E-state index contributed by atoms with van der Waals surface area (Å²) < 4.78 is 16.8. The minimum atomic E-state index is -0.535. The third-order valence-corrected chi connectivity index (χ3v) is 4.58. The van der Waals surface area contributed by atoms with Crippen LogP contribution < -0.4 is 0 Å². The van der Waals surface area contributed by atoms with E-state index in [-0.39, 0.29) is 11.3 Å². The molecule has 6 nitrogen and oxygen atoms in total. The maximum Gasteiger partial charge on any atom is 0.276 e. The van der Waals surface area contributed by atoms with Gasteiger partial charge in [-0.1, -0.05) is 35.5 Å². The topological polar surface area (TPSA) is 64.8 Å². The van der Waals surface area contributed by atoms with Gasteiger partial charge < -0.3 is 18.9 Å². The second kappa shape index (κ2) is 5.43. The smallest absolute Gasteiger partial charge is 0.276 e. The molecule has 0 N–H and O–H groups in total. The molecule has 0 aliphatic carbocycles. The summed E-state index contributed by atoms with van der Waals surface area (Å²) in [6, 6.07) is 11.3. The van der Waals surface area contributed by atoms with E-state index in [2.05, 4.69) is 5.16 Å². The maximum atomic E-state index is 12.5. The molecule has 1 aromatic heterocycles. The number of benzene rings is 1. The van der Waals surface area contributed by atoms with Gasteiger partial charge in [0.25, 0.3) is 5.91 Å². The Morgan fingerprint density at radius 1 is 1.12 bits per heavy atom. The Kier molecular flexibility index (Phi) is 3.47. The van der Waals surface area contributed by atoms with Gasteiger partial charge in [0.2, 0.25) is 0 Å². The Hall–Kier alpha value is -2.18. The molecule has 2 aliphatic rings. The van der Waals surface area contributed by atoms with Crippen LogP contribution in [-0.4, -0.2) is 48.1 Å². The molecule has 2 aliphatic heterocycles. The first-order valence-corrected chi connectivity index (χ1v) is 8.06. The average Bonchev–Trinajstić information content (AvgIpc) is 3.03. The van der Waals surface area contributed by atoms with Crippen LogP contribution >= 0.6 is 0 Å².